The van der Waals surface area contributed by atoms with Gasteiger partial charge in [0.2, 0.25) is 0 Å². The number of piperidine rings is 1. The van der Waals surface area contributed by atoms with Crippen molar-refractivity contribution < 1.29 is 14.3 Å². The number of hydrogen-bond donors (Lipinski definition) is 2. The van der Waals surface area contributed by atoms with Crippen molar-refractivity contribution >= 4 is 35.8 Å². The second-order valence-electron chi connectivity index (χ2n) is 9.81. The Morgan fingerprint density at radius 3 is 2.61 bits per heavy atom. The minimum atomic E-state index is -0.257. The second kappa shape index (κ2) is 13.5. The molecule has 3 rings (SSSR count). The third-order valence-corrected chi connectivity index (χ3v) is 5.87. The third kappa shape index (κ3) is 9.41. The average molecular weight is 573 g/mol. The van der Waals surface area contributed by atoms with E-state index in [0.717, 1.165) is 57.1 Å². The Bertz CT molecular complexity index is 767. The lowest BCUT2D eigenvalue weighted by Gasteiger charge is -2.35. The molecule has 1 aromatic rings. The molecule has 2 aliphatic heterocycles. The number of nitrogens with zero attached hydrogens (tertiary/aromatic N) is 2. The van der Waals surface area contributed by atoms with E-state index in [0.29, 0.717) is 18.2 Å². The lowest BCUT2D eigenvalue weighted by atomic mass is 10.1. The Morgan fingerprint density at radius 1 is 1.21 bits per heavy atom. The normalized spacial score (nSPS) is 20.2. The molecule has 0 saturated carbocycles. The maximum Gasteiger partial charge on any atom is 0.251 e. The van der Waals surface area contributed by atoms with Crippen LogP contribution in [0.4, 0.5) is 0 Å². The largest absolute Gasteiger partial charge is 0.376 e. The van der Waals surface area contributed by atoms with E-state index in [1.807, 2.05) is 52.1 Å². The summed E-state index contributed by atoms with van der Waals surface area (Å²) in [4.78, 5) is 19.2. The van der Waals surface area contributed by atoms with Crippen molar-refractivity contribution in [1.29, 1.82) is 0 Å². The fourth-order valence-electron chi connectivity index (χ4n) is 4.17. The Hall–Kier alpha value is -1.39. The number of aliphatic imine (C=N–C) groups is 1. The van der Waals surface area contributed by atoms with Gasteiger partial charge in [-0.15, -0.1) is 24.0 Å². The number of likely N-dealkylation sites (tertiary alicyclic amines) is 1. The van der Waals surface area contributed by atoms with Gasteiger partial charge in [-0.25, -0.2) is 0 Å². The molecule has 2 fully saturated rings. The minimum absolute atomic E-state index is 0. The highest BCUT2D eigenvalue weighted by molar-refractivity contribution is 14.0. The van der Waals surface area contributed by atoms with Gasteiger partial charge in [0.05, 0.1) is 18.8 Å². The summed E-state index contributed by atoms with van der Waals surface area (Å²) in [6.07, 6.45) is 6.11. The summed E-state index contributed by atoms with van der Waals surface area (Å²) in [5.41, 5.74) is 1.47. The lowest BCUT2D eigenvalue weighted by Crippen LogP contribution is -2.47. The van der Waals surface area contributed by atoms with Gasteiger partial charge in [0, 0.05) is 44.4 Å². The van der Waals surface area contributed by atoms with E-state index in [1.165, 1.54) is 12.8 Å². The zero-order valence-electron chi connectivity index (χ0n) is 20.6. The number of ether oxygens (including phenoxy) is 2. The maximum atomic E-state index is 12.5. The molecule has 186 valence electrons. The SMILES string of the molecule is CN=C(NCc1cccc(C(=O)NC(C)(C)C)c1)N1CCC(OCC2CCCCO2)CC1.I. The molecule has 0 aliphatic carbocycles. The number of benzene rings is 1. The second-order valence-corrected chi connectivity index (χ2v) is 9.81. The van der Waals surface area contributed by atoms with Gasteiger partial charge in [0.25, 0.3) is 5.91 Å². The number of hydrogen-bond acceptors (Lipinski definition) is 4. The summed E-state index contributed by atoms with van der Waals surface area (Å²) in [6.45, 7) is 10.0. The zero-order chi connectivity index (χ0) is 23.0. The zero-order valence-corrected chi connectivity index (χ0v) is 22.9. The van der Waals surface area contributed by atoms with Crippen molar-refractivity contribution in [3.8, 4) is 0 Å². The molecule has 1 amide bonds. The quantitative estimate of drug-likeness (QED) is 0.307. The summed E-state index contributed by atoms with van der Waals surface area (Å²) in [5, 5.41) is 6.47. The molecule has 8 heteroatoms. The van der Waals surface area contributed by atoms with Crippen molar-refractivity contribution in [2.24, 2.45) is 4.99 Å². The van der Waals surface area contributed by atoms with Crippen molar-refractivity contribution in [2.75, 3.05) is 33.4 Å². The van der Waals surface area contributed by atoms with Crippen LogP contribution in [0.2, 0.25) is 0 Å². The summed E-state index contributed by atoms with van der Waals surface area (Å²) in [7, 11) is 1.82. The first-order valence-electron chi connectivity index (χ1n) is 11.9. The summed E-state index contributed by atoms with van der Waals surface area (Å²) >= 11 is 0. The van der Waals surface area contributed by atoms with Gasteiger partial charge in [-0.3, -0.25) is 9.79 Å². The van der Waals surface area contributed by atoms with Gasteiger partial charge < -0.3 is 25.0 Å². The highest BCUT2D eigenvalue weighted by Gasteiger charge is 2.24. The first-order valence-corrected chi connectivity index (χ1v) is 11.9. The smallest absolute Gasteiger partial charge is 0.251 e. The van der Waals surface area contributed by atoms with Crippen LogP contribution >= 0.6 is 24.0 Å². The number of nitrogens with one attached hydrogen (secondary N) is 2. The van der Waals surface area contributed by atoms with Crippen LogP contribution in [0, 0.1) is 0 Å². The van der Waals surface area contributed by atoms with E-state index in [1.54, 1.807) is 0 Å². The van der Waals surface area contributed by atoms with E-state index < -0.39 is 0 Å². The molecule has 7 nitrogen and oxygen atoms in total. The monoisotopic (exact) mass is 572 g/mol. The van der Waals surface area contributed by atoms with Crippen LogP contribution in [0.3, 0.4) is 0 Å². The Labute approximate surface area is 216 Å². The van der Waals surface area contributed by atoms with Gasteiger partial charge in [0.1, 0.15) is 0 Å². The van der Waals surface area contributed by atoms with Crippen LogP contribution in [-0.4, -0.2) is 67.9 Å². The van der Waals surface area contributed by atoms with Gasteiger partial charge in [-0.1, -0.05) is 12.1 Å². The van der Waals surface area contributed by atoms with E-state index in [4.69, 9.17) is 9.47 Å². The van der Waals surface area contributed by atoms with Crippen LogP contribution in [0.15, 0.2) is 29.3 Å². The Balaban J connectivity index is 0.00000385. The predicted molar refractivity (Wildman–Crippen MR) is 143 cm³/mol. The number of guanidine groups is 1. The maximum absolute atomic E-state index is 12.5. The standard InChI is InChI=1S/C25H40N4O3.HI/c1-25(2,3)28-23(30)20-9-7-8-19(16-20)17-27-24(26-4)29-13-11-21(12-14-29)32-18-22-10-5-6-15-31-22;/h7-9,16,21-22H,5-6,10-15,17-18H2,1-4H3,(H,26,27)(H,28,30);1H. The fraction of sp³-hybridized carbons (Fsp3) is 0.680. The fourth-order valence-corrected chi connectivity index (χ4v) is 4.17. The Kier molecular flexibility index (Phi) is 11.4. The van der Waals surface area contributed by atoms with Gasteiger partial charge in [0.15, 0.2) is 5.96 Å². The molecule has 33 heavy (non-hydrogen) atoms. The van der Waals surface area contributed by atoms with Crippen molar-refractivity contribution in [1.82, 2.24) is 15.5 Å². The lowest BCUT2D eigenvalue weighted by molar-refractivity contribution is -0.0721. The third-order valence-electron chi connectivity index (χ3n) is 5.87. The average Bonchev–Trinajstić information content (AvgIpc) is 2.78. The van der Waals surface area contributed by atoms with Crippen molar-refractivity contribution in [3.63, 3.8) is 0 Å². The highest BCUT2D eigenvalue weighted by atomic mass is 127. The molecule has 2 aliphatic rings. The van der Waals surface area contributed by atoms with Crippen LogP contribution in [-0.2, 0) is 16.0 Å². The van der Waals surface area contributed by atoms with Crippen LogP contribution in [0.25, 0.3) is 0 Å². The molecule has 2 heterocycles. The molecule has 0 spiro atoms. The number of carbonyl (C=O) groups is 1. The number of halogens is 1. The topological polar surface area (TPSA) is 75.2 Å². The first kappa shape index (κ1) is 27.9. The molecule has 2 saturated heterocycles. The van der Waals surface area contributed by atoms with E-state index in [2.05, 4.69) is 20.5 Å². The van der Waals surface area contributed by atoms with E-state index in [-0.39, 0.29) is 41.5 Å². The van der Waals surface area contributed by atoms with Crippen LogP contribution in [0.1, 0.15) is 68.8 Å². The van der Waals surface area contributed by atoms with Crippen LogP contribution < -0.4 is 10.6 Å². The van der Waals surface area contributed by atoms with E-state index >= 15 is 0 Å². The van der Waals surface area contributed by atoms with Crippen molar-refractivity contribution in [2.45, 2.75) is 77.2 Å². The number of rotatable bonds is 6. The van der Waals surface area contributed by atoms with Crippen LogP contribution in [0.5, 0.6) is 0 Å². The molecule has 2 N–H and O–H groups in total. The molecule has 0 radical (unpaired) electrons. The molecule has 1 aromatic carbocycles. The molecule has 1 atom stereocenters. The number of carbonyl (C=O) groups excluding carboxylic acids is 1. The van der Waals surface area contributed by atoms with Gasteiger partial charge in [-0.2, -0.15) is 0 Å². The summed E-state index contributed by atoms with van der Waals surface area (Å²) < 4.78 is 11.9. The van der Waals surface area contributed by atoms with E-state index in [9.17, 15) is 4.79 Å². The van der Waals surface area contributed by atoms with Gasteiger partial charge >= 0.3 is 0 Å². The minimum Gasteiger partial charge on any atom is -0.376 e. The molecular weight excluding hydrogens is 531 g/mol. The molecular formula is C25H41IN4O3. The predicted octanol–water partition coefficient (Wildman–Crippen LogP) is 3.96. The first-order chi connectivity index (χ1) is 15.3. The van der Waals surface area contributed by atoms with Gasteiger partial charge in [-0.05, 0) is 70.6 Å². The van der Waals surface area contributed by atoms with Crippen molar-refractivity contribution in [3.05, 3.63) is 35.4 Å². The highest BCUT2D eigenvalue weighted by Crippen LogP contribution is 2.18. The summed E-state index contributed by atoms with van der Waals surface area (Å²) in [5.74, 6) is 0.841. The Morgan fingerprint density at radius 2 is 1.97 bits per heavy atom. The number of amides is 1. The molecule has 1 unspecified atom stereocenters. The summed E-state index contributed by atoms with van der Waals surface area (Å²) in [6, 6.07) is 7.75. The molecule has 0 aromatic heterocycles. The molecule has 0 bridgehead atoms.